The zero-order chi connectivity index (χ0) is 12.9. The summed E-state index contributed by atoms with van der Waals surface area (Å²) in [6, 6.07) is 8.89. The van der Waals surface area contributed by atoms with E-state index in [1.54, 1.807) is 0 Å². The summed E-state index contributed by atoms with van der Waals surface area (Å²) in [7, 11) is 0. The summed E-state index contributed by atoms with van der Waals surface area (Å²) in [5.41, 5.74) is 2.79. The van der Waals surface area contributed by atoms with Gasteiger partial charge >= 0.3 is 0 Å². The summed E-state index contributed by atoms with van der Waals surface area (Å²) in [6.07, 6.45) is 4.24. The molecule has 0 spiro atoms. The molecule has 17 heavy (non-hydrogen) atoms. The normalized spacial score (nSPS) is 13.7. The lowest BCUT2D eigenvalue weighted by molar-refractivity contribution is 0.157. The quantitative estimate of drug-likeness (QED) is 0.786. The molecule has 0 fully saturated rings. The molecule has 0 bridgehead atoms. The second kappa shape index (κ2) is 6.20. The van der Waals surface area contributed by atoms with Gasteiger partial charge in [-0.3, -0.25) is 0 Å². The molecule has 0 aliphatic rings. The Labute approximate surface area is 106 Å². The lowest BCUT2D eigenvalue weighted by atomic mass is 9.79. The van der Waals surface area contributed by atoms with Gasteiger partial charge in [0.2, 0.25) is 0 Å². The molecular formula is C16H26O. The van der Waals surface area contributed by atoms with Crippen molar-refractivity contribution in [3.8, 4) is 0 Å². The van der Waals surface area contributed by atoms with Gasteiger partial charge in [0.15, 0.2) is 0 Å². The molecule has 0 aliphatic heterocycles. The average Bonchev–Trinajstić information content (AvgIpc) is 2.25. The van der Waals surface area contributed by atoms with Crippen LogP contribution >= 0.6 is 0 Å². The highest BCUT2D eigenvalue weighted by Crippen LogP contribution is 2.28. The Hall–Kier alpha value is -0.820. The number of aliphatic hydroxyl groups is 1. The molecule has 0 aromatic heterocycles. The highest BCUT2D eigenvalue weighted by Gasteiger charge is 2.22. The molecular weight excluding hydrogens is 208 g/mol. The number of rotatable bonds is 6. The third-order valence-corrected chi connectivity index (χ3v) is 3.36. The summed E-state index contributed by atoms with van der Waals surface area (Å²) in [4.78, 5) is 0. The van der Waals surface area contributed by atoms with E-state index in [1.165, 1.54) is 30.4 Å². The van der Waals surface area contributed by atoms with Crippen molar-refractivity contribution < 1.29 is 5.11 Å². The summed E-state index contributed by atoms with van der Waals surface area (Å²) in [5.74, 6) is 0. The third-order valence-electron chi connectivity index (χ3n) is 3.36. The van der Waals surface area contributed by atoms with Crippen molar-refractivity contribution in [2.75, 3.05) is 0 Å². The first kappa shape index (κ1) is 14.2. The van der Waals surface area contributed by atoms with Gasteiger partial charge in [0.1, 0.15) is 0 Å². The standard InChI is InChI=1S/C16H26O/c1-5-6-7-14-8-10-15(11-9-14)16(3,4)12-13(2)17/h8-11,13,17H,5-7,12H2,1-4H3/t13-/m0/s1. The van der Waals surface area contributed by atoms with E-state index in [0.29, 0.717) is 0 Å². The van der Waals surface area contributed by atoms with Gasteiger partial charge in [-0.15, -0.1) is 0 Å². The second-order valence-corrected chi connectivity index (χ2v) is 5.74. The van der Waals surface area contributed by atoms with Crippen LogP contribution in [0.1, 0.15) is 58.1 Å². The fraction of sp³-hybridized carbons (Fsp3) is 0.625. The fourth-order valence-corrected chi connectivity index (χ4v) is 2.36. The first-order chi connectivity index (χ1) is 7.95. The molecule has 1 aromatic rings. The molecule has 1 nitrogen and oxygen atoms in total. The van der Waals surface area contributed by atoms with Crippen molar-refractivity contribution >= 4 is 0 Å². The Morgan fingerprint density at radius 1 is 1.18 bits per heavy atom. The summed E-state index contributed by atoms with van der Waals surface area (Å²) in [6.45, 7) is 8.47. The fourth-order valence-electron chi connectivity index (χ4n) is 2.36. The topological polar surface area (TPSA) is 20.2 Å². The van der Waals surface area contributed by atoms with Crippen LogP contribution < -0.4 is 0 Å². The van der Waals surface area contributed by atoms with Crippen molar-refractivity contribution in [2.24, 2.45) is 0 Å². The Bertz CT molecular complexity index is 322. The van der Waals surface area contributed by atoms with Crippen LogP contribution in [0.25, 0.3) is 0 Å². The first-order valence-electron chi connectivity index (χ1n) is 6.73. The maximum atomic E-state index is 9.52. The zero-order valence-corrected chi connectivity index (χ0v) is 11.7. The van der Waals surface area contributed by atoms with Gasteiger partial charge in [-0.1, -0.05) is 51.5 Å². The highest BCUT2D eigenvalue weighted by atomic mass is 16.3. The molecule has 0 heterocycles. The van der Waals surface area contributed by atoms with E-state index in [0.717, 1.165) is 6.42 Å². The third kappa shape index (κ3) is 4.51. The Morgan fingerprint density at radius 2 is 1.76 bits per heavy atom. The van der Waals surface area contributed by atoms with Gasteiger partial charge in [0, 0.05) is 0 Å². The molecule has 0 amide bonds. The molecule has 0 aliphatic carbocycles. The minimum atomic E-state index is -0.246. The largest absolute Gasteiger partial charge is 0.393 e. The van der Waals surface area contributed by atoms with Crippen LogP contribution in [0.5, 0.6) is 0 Å². The van der Waals surface area contributed by atoms with Crippen LogP contribution in [0.4, 0.5) is 0 Å². The molecule has 1 aromatic carbocycles. The van der Waals surface area contributed by atoms with Crippen molar-refractivity contribution in [2.45, 2.75) is 64.9 Å². The van der Waals surface area contributed by atoms with Gasteiger partial charge in [-0.2, -0.15) is 0 Å². The van der Waals surface area contributed by atoms with E-state index in [1.807, 2.05) is 6.92 Å². The minimum absolute atomic E-state index is 0.0530. The van der Waals surface area contributed by atoms with Crippen LogP contribution in [0.3, 0.4) is 0 Å². The molecule has 0 unspecified atom stereocenters. The smallest absolute Gasteiger partial charge is 0.0520 e. The van der Waals surface area contributed by atoms with E-state index in [-0.39, 0.29) is 11.5 Å². The molecule has 1 heteroatoms. The molecule has 96 valence electrons. The van der Waals surface area contributed by atoms with Gasteiger partial charge in [0.25, 0.3) is 0 Å². The van der Waals surface area contributed by atoms with Crippen LogP contribution in [-0.2, 0) is 11.8 Å². The van der Waals surface area contributed by atoms with Crippen LogP contribution in [-0.4, -0.2) is 11.2 Å². The number of aliphatic hydroxyl groups excluding tert-OH is 1. The van der Waals surface area contributed by atoms with Crippen molar-refractivity contribution in [1.29, 1.82) is 0 Å². The lowest BCUT2D eigenvalue weighted by Gasteiger charge is -2.27. The zero-order valence-electron chi connectivity index (χ0n) is 11.7. The number of hydrogen-bond acceptors (Lipinski definition) is 1. The lowest BCUT2D eigenvalue weighted by Crippen LogP contribution is -2.22. The minimum Gasteiger partial charge on any atom is -0.393 e. The van der Waals surface area contributed by atoms with E-state index < -0.39 is 0 Å². The van der Waals surface area contributed by atoms with E-state index in [4.69, 9.17) is 0 Å². The van der Waals surface area contributed by atoms with Gasteiger partial charge in [0.05, 0.1) is 6.10 Å². The maximum Gasteiger partial charge on any atom is 0.0520 e. The highest BCUT2D eigenvalue weighted by molar-refractivity contribution is 5.28. The van der Waals surface area contributed by atoms with Crippen molar-refractivity contribution in [3.63, 3.8) is 0 Å². The van der Waals surface area contributed by atoms with Crippen molar-refractivity contribution in [1.82, 2.24) is 0 Å². The number of unbranched alkanes of at least 4 members (excludes halogenated alkanes) is 1. The van der Waals surface area contributed by atoms with E-state index >= 15 is 0 Å². The molecule has 0 radical (unpaired) electrons. The molecule has 1 N–H and O–H groups in total. The Morgan fingerprint density at radius 3 is 2.24 bits per heavy atom. The first-order valence-corrected chi connectivity index (χ1v) is 6.73. The van der Waals surface area contributed by atoms with E-state index in [2.05, 4.69) is 45.0 Å². The Kier molecular flexibility index (Phi) is 5.20. The second-order valence-electron chi connectivity index (χ2n) is 5.74. The molecule has 1 atom stereocenters. The van der Waals surface area contributed by atoms with Gasteiger partial charge in [-0.25, -0.2) is 0 Å². The summed E-state index contributed by atoms with van der Waals surface area (Å²) >= 11 is 0. The maximum absolute atomic E-state index is 9.52. The number of benzene rings is 1. The van der Waals surface area contributed by atoms with Gasteiger partial charge in [-0.05, 0) is 42.7 Å². The summed E-state index contributed by atoms with van der Waals surface area (Å²) < 4.78 is 0. The monoisotopic (exact) mass is 234 g/mol. The van der Waals surface area contributed by atoms with Crippen molar-refractivity contribution in [3.05, 3.63) is 35.4 Å². The predicted octanol–water partition coefficient (Wildman–Crippen LogP) is 4.08. The average molecular weight is 234 g/mol. The number of aryl methyl sites for hydroxylation is 1. The van der Waals surface area contributed by atoms with Crippen LogP contribution in [0.15, 0.2) is 24.3 Å². The van der Waals surface area contributed by atoms with Crippen LogP contribution in [0, 0.1) is 0 Å². The SMILES string of the molecule is CCCCc1ccc(C(C)(C)C[C@H](C)O)cc1. The summed E-state index contributed by atoms with van der Waals surface area (Å²) in [5, 5.41) is 9.52. The Balaban J connectivity index is 2.72. The molecule has 0 saturated carbocycles. The predicted molar refractivity (Wildman–Crippen MR) is 74.4 cm³/mol. The molecule has 0 saturated heterocycles. The molecule has 1 rings (SSSR count). The van der Waals surface area contributed by atoms with Crippen LogP contribution in [0.2, 0.25) is 0 Å². The van der Waals surface area contributed by atoms with E-state index in [9.17, 15) is 5.11 Å². The van der Waals surface area contributed by atoms with Gasteiger partial charge < -0.3 is 5.11 Å². The number of hydrogen-bond donors (Lipinski definition) is 1.